The van der Waals surface area contributed by atoms with Crippen molar-refractivity contribution in [3.63, 3.8) is 0 Å². The van der Waals surface area contributed by atoms with Crippen LogP contribution in [0, 0.1) is 0 Å². The molecule has 0 unspecified atom stereocenters. The van der Waals surface area contributed by atoms with Crippen LogP contribution in [-0.2, 0) is 17.8 Å². The molecule has 8 heteroatoms. The number of rotatable bonds is 5. The number of halogens is 2. The number of nitrogens with zero attached hydrogens (tertiary/aromatic N) is 1. The molecule has 1 amide bonds. The first-order chi connectivity index (χ1) is 11.3. The quantitative estimate of drug-likeness (QED) is 0.823. The van der Waals surface area contributed by atoms with Crippen molar-refractivity contribution < 1.29 is 13.9 Å². The van der Waals surface area contributed by atoms with E-state index in [-0.39, 0.29) is 37.3 Å². The molecule has 0 bridgehead atoms. The number of amides is 1. The minimum absolute atomic E-state index is 0. The second-order valence-electron chi connectivity index (χ2n) is 5.51. The molecule has 1 aromatic heterocycles. The Bertz CT molecular complexity index is 673. The molecule has 0 spiro atoms. The van der Waals surface area contributed by atoms with E-state index >= 15 is 0 Å². The number of ether oxygens (including phenoxy) is 1. The van der Waals surface area contributed by atoms with Crippen molar-refractivity contribution in [1.29, 1.82) is 0 Å². The van der Waals surface area contributed by atoms with Crippen LogP contribution >= 0.6 is 24.8 Å². The molecule has 0 saturated carbocycles. The summed E-state index contributed by atoms with van der Waals surface area (Å²) >= 11 is 0. The Hall–Kier alpha value is -1.57. The highest BCUT2D eigenvalue weighted by Crippen LogP contribution is 2.19. The van der Waals surface area contributed by atoms with E-state index in [1.807, 2.05) is 24.3 Å². The number of anilines is 1. The molecule has 0 atom stereocenters. The first kappa shape index (κ1) is 21.5. The summed E-state index contributed by atoms with van der Waals surface area (Å²) in [5, 5.41) is 2.96. The van der Waals surface area contributed by atoms with Crippen molar-refractivity contribution >= 4 is 36.4 Å². The van der Waals surface area contributed by atoms with Gasteiger partial charge in [-0.25, -0.2) is 0 Å². The monoisotopic (exact) mass is 387 g/mol. The lowest BCUT2D eigenvalue weighted by atomic mass is 10.1. The van der Waals surface area contributed by atoms with E-state index in [0.29, 0.717) is 11.3 Å². The first-order valence-electron chi connectivity index (χ1n) is 7.73. The third kappa shape index (κ3) is 5.73. The van der Waals surface area contributed by atoms with Gasteiger partial charge in [0.25, 0.3) is 5.91 Å². The Kier molecular flexibility index (Phi) is 8.96. The normalized spacial score (nSPS) is 14.3. The zero-order chi connectivity index (χ0) is 16.1. The molecule has 6 nitrogen and oxygen atoms in total. The molecule has 3 rings (SSSR count). The summed E-state index contributed by atoms with van der Waals surface area (Å²) in [7, 11) is 0. The van der Waals surface area contributed by atoms with E-state index in [1.54, 1.807) is 6.07 Å². The molecule has 3 N–H and O–H groups in total. The van der Waals surface area contributed by atoms with E-state index in [2.05, 4.69) is 10.2 Å². The second-order valence-corrected chi connectivity index (χ2v) is 5.51. The number of furan rings is 1. The summed E-state index contributed by atoms with van der Waals surface area (Å²) in [5.74, 6) is 0.402. The average Bonchev–Trinajstić information content (AvgIpc) is 3.07. The Morgan fingerprint density at radius 2 is 1.92 bits per heavy atom. The summed E-state index contributed by atoms with van der Waals surface area (Å²) in [6, 6.07) is 9.51. The minimum atomic E-state index is -0.192. The van der Waals surface area contributed by atoms with E-state index in [4.69, 9.17) is 14.9 Å². The van der Waals surface area contributed by atoms with Gasteiger partial charge in [0.2, 0.25) is 0 Å². The fourth-order valence-corrected chi connectivity index (χ4v) is 2.58. The van der Waals surface area contributed by atoms with Crippen LogP contribution in [0.15, 0.2) is 41.0 Å². The molecule has 0 aliphatic carbocycles. The number of carbonyl (C=O) groups is 1. The minimum Gasteiger partial charge on any atom is -0.467 e. The Morgan fingerprint density at radius 3 is 2.60 bits per heavy atom. The first-order valence-corrected chi connectivity index (χ1v) is 7.73. The predicted molar refractivity (Wildman–Crippen MR) is 102 cm³/mol. The zero-order valence-electron chi connectivity index (χ0n) is 13.8. The summed E-state index contributed by atoms with van der Waals surface area (Å²) in [6.07, 6.45) is 1.43. The fraction of sp³-hybridized carbons (Fsp3) is 0.353. The van der Waals surface area contributed by atoms with Gasteiger partial charge in [0.05, 0.1) is 25.3 Å². The van der Waals surface area contributed by atoms with Gasteiger partial charge in [-0.15, -0.1) is 24.8 Å². The van der Waals surface area contributed by atoms with Crippen molar-refractivity contribution in [3.8, 4) is 0 Å². The smallest absolute Gasteiger partial charge is 0.258 e. The zero-order valence-corrected chi connectivity index (χ0v) is 15.4. The van der Waals surface area contributed by atoms with Crippen molar-refractivity contribution in [2.75, 3.05) is 31.6 Å². The molecular weight excluding hydrogens is 365 g/mol. The maximum absolute atomic E-state index is 12.3. The van der Waals surface area contributed by atoms with Crippen molar-refractivity contribution in [2.24, 2.45) is 5.73 Å². The molecule has 25 heavy (non-hydrogen) atoms. The van der Waals surface area contributed by atoms with Crippen molar-refractivity contribution in [3.05, 3.63) is 53.5 Å². The number of benzene rings is 1. The van der Waals surface area contributed by atoms with Gasteiger partial charge in [0.1, 0.15) is 12.0 Å². The third-order valence-electron chi connectivity index (χ3n) is 3.88. The van der Waals surface area contributed by atoms with Crippen molar-refractivity contribution in [2.45, 2.75) is 13.1 Å². The Morgan fingerprint density at radius 1 is 1.20 bits per heavy atom. The van der Waals surface area contributed by atoms with Gasteiger partial charge < -0.3 is 20.2 Å². The highest BCUT2D eigenvalue weighted by molar-refractivity contribution is 6.04. The number of hydrogen-bond acceptors (Lipinski definition) is 5. The fourth-order valence-electron chi connectivity index (χ4n) is 2.58. The Balaban J connectivity index is 0.00000156. The standard InChI is InChI=1S/C17H21N3O3.2ClH/c18-10-15-9-14(12-23-15)17(21)19-16-4-2-1-3-13(16)11-20-5-7-22-8-6-20;;/h1-4,9,12H,5-8,10-11,18H2,(H,19,21);2*1H. The van der Waals surface area contributed by atoms with Crippen LogP contribution in [0.1, 0.15) is 21.7 Å². The molecule has 1 aliphatic heterocycles. The molecule has 2 aromatic rings. The van der Waals surface area contributed by atoms with Crippen LogP contribution in [-0.4, -0.2) is 37.1 Å². The van der Waals surface area contributed by atoms with Gasteiger partial charge in [-0.05, 0) is 17.7 Å². The van der Waals surface area contributed by atoms with E-state index in [1.165, 1.54) is 6.26 Å². The van der Waals surface area contributed by atoms with Crippen molar-refractivity contribution in [1.82, 2.24) is 4.90 Å². The van der Waals surface area contributed by atoms with Crippen LogP contribution in [0.4, 0.5) is 5.69 Å². The molecule has 138 valence electrons. The molecule has 0 radical (unpaired) electrons. The van der Waals surface area contributed by atoms with E-state index < -0.39 is 0 Å². The average molecular weight is 388 g/mol. The van der Waals surface area contributed by atoms with Crippen LogP contribution in [0.25, 0.3) is 0 Å². The predicted octanol–water partition coefficient (Wildman–Crippen LogP) is 2.67. The molecule has 1 aromatic carbocycles. The second kappa shape index (κ2) is 10.4. The van der Waals surface area contributed by atoms with E-state index in [9.17, 15) is 4.79 Å². The lowest BCUT2D eigenvalue weighted by molar-refractivity contribution is 0.0342. The van der Waals surface area contributed by atoms with Crippen LogP contribution in [0.5, 0.6) is 0 Å². The van der Waals surface area contributed by atoms with E-state index in [0.717, 1.165) is 44.1 Å². The molecule has 1 fully saturated rings. The van der Waals surface area contributed by atoms with Crippen LogP contribution in [0.3, 0.4) is 0 Å². The van der Waals surface area contributed by atoms with Crippen LogP contribution < -0.4 is 11.1 Å². The SMILES string of the molecule is Cl.Cl.NCc1cc(C(=O)Nc2ccccc2CN2CCOCC2)co1. The highest BCUT2D eigenvalue weighted by atomic mass is 35.5. The number of para-hydroxylation sites is 1. The van der Waals surface area contributed by atoms with Gasteiger partial charge in [-0.1, -0.05) is 18.2 Å². The maximum atomic E-state index is 12.3. The maximum Gasteiger partial charge on any atom is 0.258 e. The van der Waals surface area contributed by atoms with Crippen LogP contribution in [0.2, 0.25) is 0 Å². The third-order valence-corrected chi connectivity index (χ3v) is 3.88. The van der Waals surface area contributed by atoms with Gasteiger partial charge in [0, 0.05) is 25.3 Å². The van der Waals surface area contributed by atoms with Gasteiger partial charge in [0.15, 0.2) is 0 Å². The largest absolute Gasteiger partial charge is 0.467 e. The summed E-state index contributed by atoms with van der Waals surface area (Å²) < 4.78 is 10.6. The number of hydrogen-bond donors (Lipinski definition) is 2. The molecule has 1 saturated heterocycles. The lowest BCUT2D eigenvalue weighted by Crippen LogP contribution is -2.35. The Labute approximate surface area is 159 Å². The number of nitrogens with one attached hydrogen (secondary N) is 1. The highest BCUT2D eigenvalue weighted by Gasteiger charge is 2.15. The molecule has 1 aliphatic rings. The summed E-state index contributed by atoms with van der Waals surface area (Å²) in [6.45, 7) is 4.39. The van der Waals surface area contributed by atoms with Gasteiger partial charge in [-0.2, -0.15) is 0 Å². The molecule has 2 heterocycles. The number of morpholine rings is 1. The van der Waals surface area contributed by atoms with Gasteiger partial charge in [-0.3, -0.25) is 9.69 Å². The topological polar surface area (TPSA) is 80.7 Å². The summed E-state index contributed by atoms with van der Waals surface area (Å²) in [5.41, 5.74) is 7.89. The van der Waals surface area contributed by atoms with Gasteiger partial charge >= 0.3 is 0 Å². The number of carbonyl (C=O) groups excluding carboxylic acids is 1. The lowest BCUT2D eigenvalue weighted by Gasteiger charge is -2.27. The molecular formula is C17H23Cl2N3O3. The summed E-state index contributed by atoms with van der Waals surface area (Å²) in [4.78, 5) is 14.7. The number of nitrogens with two attached hydrogens (primary N) is 1.